The predicted octanol–water partition coefficient (Wildman–Crippen LogP) is 0.0482. The van der Waals surface area contributed by atoms with Crippen molar-refractivity contribution >= 4 is 10.0 Å². The maximum Gasteiger partial charge on any atom is 0.212 e. The normalized spacial score (nSPS) is 26.2. The van der Waals surface area contributed by atoms with Crippen molar-refractivity contribution in [1.82, 2.24) is 9.71 Å². The van der Waals surface area contributed by atoms with E-state index in [-0.39, 0.29) is 23.9 Å². The van der Waals surface area contributed by atoms with Gasteiger partial charge in [-0.1, -0.05) is 0 Å². The number of ether oxygens (including phenoxy) is 1. The molecule has 1 fully saturated rings. The zero-order valence-corrected chi connectivity index (χ0v) is 12.3. The lowest BCUT2D eigenvalue weighted by molar-refractivity contribution is -0.0248. The Morgan fingerprint density at radius 1 is 1.45 bits per heavy atom. The quantitative estimate of drug-likeness (QED) is 0.742. The first-order chi connectivity index (χ1) is 9.52. The Labute approximate surface area is 119 Å². The summed E-state index contributed by atoms with van der Waals surface area (Å²) in [5, 5.41) is 0. The lowest BCUT2D eigenvalue weighted by Crippen LogP contribution is -2.64. The van der Waals surface area contributed by atoms with Crippen LogP contribution in [-0.2, 0) is 21.2 Å². The molecule has 0 radical (unpaired) electrons. The van der Waals surface area contributed by atoms with Gasteiger partial charge < -0.3 is 10.5 Å². The molecule has 7 heteroatoms. The van der Waals surface area contributed by atoms with Crippen molar-refractivity contribution in [2.75, 3.05) is 12.4 Å². The number of rotatable bonds is 7. The Bertz CT molecular complexity index is 519. The Balaban J connectivity index is 1.87. The summed E-state index contributed by atoms with van der Waals surface area (Å²) < 4.78 is 32.2. The number of aromatic nitrogens is 1. The standard InChI is InChI=1S/C13H21N3O3S/c1-2-19-12-9-11(14)13(12)16-20(17,18)8-5-10-3-6-15-7-4-10/h3-4,6-7,11-13,16H,2,5,8-9,14H2,1H3. The number of pyridine rings is 1. The fourth-order valence-corrected chi connectivity index (χ4v) is 3.62. The van der Waals surface area contributed by atoms with Crippen LogP contribution in [0.25, 0.3) is 0 Å². The molecule has 2 rings (SSSR count). The number of nitrogens with one attached hydrogen (secondary N) is 1. The van der Waals surface area contributed by atoms with Crippen LogP contribution in [0.1, 0.15) is 18.9 Å². The molecule has 1 saturated carbocycles. The third kappa shape index (κ3) is 3.99. The second kappa shape index (κ2) is 6.62. The molecule has 0 bridgehead atoms. The summed E-state index contributed by atoms with van der Waals surface area (Å²) in [6.45, 7) is 2.45. The summed E-state index contributed by atoms with van der Waals surface area (Å²) in [5.41, 5.74) is 6.79. The van der Waals surface area contributed by atoms with Crippen molar-refractivity contribution < 1.29 is 13.2 Å². The topological polar surface area (TPSA) is 94.3 Å². The zero-order chi connectivity index (χ0) is 14.6. The number of nitrogens with two attached hydrogens (primary N) is 1. The van der Waals surface area contributed by atoms with Crippen molar-refractivity contribution in [1.29, 1.82) is 0 Å². The highest BCUT2D eigenvalue weighted by Gasteiger charge is 2.41. The molecule has 0 spiro atoms. The molecule has 0 aromatic carbocycles. The van der Waals surface area contributed by atoms with Crippen LogP contribution < -0.4 is 10.5 Å². The van der Waals surface area contributed by atoms with Gasteiger partial charge in [0.2, 0.25) is 10.0 Å². The number of hydrogen-bond acceptors (Lipinski definition) is 5. The molecular formula is C13H21N3O3S. The van der Waals surface area contributed by atoms with E-state index in [0.29, 0.717) is 19.4 Å². The summed E-state index contributed by atoms with van der Waals surface area (Å²) in [4.78, 5) is 3.90. The fourth-order valence-electron chi connectivity index (χ4n) is 2.26. The summed E-state index contributed by atoms with van der Waals surface area (Å²) >= 11 is 0. The maximum atomic E-state index is 12.1. The van der Waals surface area contributed by atoms with Gasteiger partial charge in [0.05, 0.1) is 17.9 Å². The second-order valence-corrected chi connectivity index (χ2v) is 6.83. The summed E-state index contributed by atoms with van der Waals surface area (Å²) in [6, 6.07) is 3.15. The third-order valence-electron chi connectivity index (χ3n) is 3.47. The van der Waals surface area contributed by atoms with Gasteiger partial charge >= 0.3 is 0 Å². The van der Waals surface area contributed by atoms with Crippen LogP contribution in [0.4, 0.5) is 0 Å². The molecule has 1 aromatic rings. The predicted molar refractivity (Wildman–Crippen MR) is 76.7 cm³/mol. The van der Waals surface area contributed by atoms with E-state index >= 15 is 0 Å². The van der Waals surface area contributed by atoms with Gasteiger partial charge in [0, 0.05) is 25.0 Å². The SMILES string of the molecule is CCOC1CC(N)C1NS(=O)(=O)CCc1ccncc1. The number of hydrogen-bond donors (Lipinski definition) is 2. The van der Waals surface area contributed by atoms with E-state index in [4.69, 9.17) is 10.5 Å². The average Bonchev–Trinajstić information content (AvgIpc) is 2.44. The average molecular weight is 299 g/mol. The summed E-state index contributed by atoms with van der Waals surface area (Å²) in [6.07, 6.45) is 4.36. The minimum atomic E-state index is -3.35. The van der Waals surface area contributed by atoms with Crippen molar-refractivity contribution in [2.45, 2.75) is 38.0 Å². The third-order valence-corrected chi connectivity index (χ3v) is 4.84. The number of nitrogens with zero attached hydrogens (tertiary/aromatic N) is 1. The summed E-state index contributed by atoms with van der Waals surface area (Å²) in [5.74, 6) is 0.0408. The molecule has 20 heavy (non-hydrogen) atoms. The van der Waals surface area contributed by atoms with E-state index in [9.17, 15) is 8.42 Å². The van der Waals surface area contributed by atoms with Crippen molar-refractivity contribution in [3.63, 3.8) is 0 Å². The molecule has 1 aromatic heterocycles. The van der Waals surface area contributed by atoms with E-state index in [2.05, 4.69) is 9.71 Å². The van der Waals surface area contributed by atoms with Gasteiger partial charge in [-0.25, -0.2) is 13.1 Å². The molecule has 1 heterocycles. The molecule has 0 saturated heterocycles. The Morgan fingerprint density at radius 2 is 2.15 bits per heavy atom. The Hall–Kier alpha value is -1.02. The largest absolute Gasteiger partial charge is 0.377 e. The highest BCUT2D eigenvalue weighted by Crippen LogP contribution is 2.23. The maximum absolute atomic E-state index is 12.1. The van der Waals surface area contributed by atoms with Crippen molar-refractivity contribution in [3.05, 3.63) is 30.1 Å². The monoisotopic (exact) mass is 299 g/mol. The van der Waals surface area contributed by atoms with Crippen LogP contribution in [-0.4, -0.2) is 43.9 Å². The highest BCUT2D eigenvalue weighted by atomic mass is 32.2. The first-order valence-corrected chi connectivity index (χ1v) is 8.43. The second-order valence-electron chi connectivity index (χ2n) is 4.96. The number of sulfonamides is 1. The van der Waals surface area contributed by atoms with Crippen LogP contribution >= 0.6 is 0 Å². The van der Waals surface area contributed by atoms with Gasteiger partial charge in [-0.05, 0) is 37.5 Å². The Morgan fingerprint density at radius 3 is 2.75 bits per heavy atom. The van der Waals surface area contributed by atoms with Crippen LogP contribution in [0.15, 0.2) is 24.5 Å². The fraction of sp³-hybridized carbons (Fsp3) is 0.615. The molecule has 0 aliphatic heterocycles. The lowest BCUT2D eigenvalue weighted by atomic mass is 9.84. The van der Waals surface area contributed by atoms with E-state index in [0.717, 1.165) is 5.56 Å². The van der Waals surface area contributed by atoms with Crippen molar-refractivity contribution in [2.24, 2.45) is 5.73 Å². The van der Waals surface area contributed by atoms with E-state index in [1.165, 1.54) is 0 Å². The molecule has 3 atom stereocenters. The molecule has 1 aliphatic rings. The van der Waals surface area contributed by atoms with Crippen LogP contribution in [0.2, 0.25) is 0 Å². The van der Waals surface area contributed by atoms with Crippen LogP contribution in [0.5, 0.6) is 0 Å². The molecule has 3 N–H and O–H groups in total. The smallest absolute Gasteiger partial charge is 0.212 e. The van der Waals surface area contributed by atoms with E-state index in [1.807, 2.05) is 19.1 Å². The lowest BCUT2D eigenvalue weighted by Gasteiger charge is -2.42. The number of aryl methyl sites for hydroxylation is 1. The molecular weight excluding hydrogens is 278 g/mol. The minimum Gasteiger partial charge on any atom is -0.377 e. The molecule has 3 unspecified atom stereocenters. The summed E-state index contributed by atoms with van der Waals surface area (Å²) in [7, 11) is -3.35. The molecule has 112 valence electrons. The van der Waals surface area contributed by atoms with Crippen LogP contribution in [0.3, 0.4) is 0 Å². The molecule has 1 aliphatic carbocycles. The van der Waals surface area contributed by atoms with Gasteiger partial charge in [0.15, 0.2) is 0 Å². The van der Waals surface area contributed by atoms with Gasteiger partial charge in [0.1, 0.15) is 0 Å². The first-order valence-electron chi connectivity index (χ1n) is 6.78. The molecule has 0 amide bonds. The van der Waals surface area contributed by atoms with Gasteiger partial charge in [-0.2, -0.15) is 0 Å². The minimum absolute atomic E-state index is 0.0408. The Kier molecular flexibility index (Phi) is 5.09. The molecule has 6 nitrogen and oxygen atoms in total. The van der Waals surface area contributed by atoms with Gasteiger partial charge in [0.25, 0.3) is 0 Å². The van der Waals surface area contributed by atoms with Crippen molar-refractivity contribution in [3.8, 4) is 0 Å². The first kappa shape index (κ1) is 15.4. The van der Waals surface area contributed by atoms with Crippen LogP contribution in [0, 0.1) is 0 Å². The van der Waals surface area contributed by atoms with E-state index < -0.39 is 10.0 Å². The van der Waals surface area contributed by atoms with E-state index in [1.54, 1.807) is 12.4 Å². The zero-order valence-electron chi connectivity index (χ0n) is 11.5. The van der Waals surface area contributed by atoms with Gasteiger partial charge in [-0.15, -0.1) is 0 Å². The highest BCUT2D eigenvalue weighted by molar-refractivity contribution is 7.89. The van der Waals surface area contributed by atoms with Gasteiger partial charge in [-0.3, -0.25) is 4.98 Å².